The first-order valence-electron chi connectivity index (χ1n) is 22.3. The zero-order valence-corrected chi connectivity index (χ0v) is 35.4. The van der Waals surface area contributed by atoms with E-state index in [4.69, 9.17) is 0 Å². The van der Waals surface area contributed by atoms with Crippen LogP contribution in [-0.4, -0.2) is 4.57 Å². The van der Waals surface area contributed by atoms with Crippen molar-refractivity contribution in [2.24, 2.45) is 0 Å². The lowest BCUT2D eigenvalue weighted by Crippen LogP contribution is -2.09. The second-order valence-corrected chi connectivity index (χ2v) is 16.8. The molecule has 10 aromatic carbocycles. The minimum atomic E-state index is 1.08. The molecule has 64 heavy (non-hydrogen) atoms. The highest BCUT2D eigenvalue weighted by molar-refractivity contribution is 6.12. The molecule has 0 radical (unpaired) electrons. The van der Waals surface area contributed by atoms with Gasteiger partial charge in [-0.15, -0.1) is 0 Å². The maximum Gasteiger partial charge on any atom is 0.0544 e. The third-order valence-electron chi connectivity index (χ3n) is 13.1. The van der Waals surface area contributed by atoms with Gasteiger partial charge in [-0.1, -0.05) is 182 Å². The van der Waals surface area contributed by atoms with Crippen LogP contribution in [0.4, 0.5) is 17.1 Å². The molecule has 0 unspecified atom stereocenters. The van der Waals surface area contributed by atoms with Crippen molar-refractivity contribution in [3.05, 3.63) is 248 Å². The SMILES string of the molecule is C1=Cc2ccc3c(c2CC1)c1ccccc1n3-c1ccc(-c2ccc(N(c3ccc(-c4ccccc4)cc3)c3ccc(-c4ccc(-c5ccccc5)c5ccccc45)cc3)cc2)cc1. The van der Waals surface area contributed by atoms with Gasteiger partial charge in [0.1, 0.15) is 0 Å². The first-order chi connectivity index (χ1) is 31.7. The van der Waals surface area contributed by atoms with Gasteiger partial charge in [0.05, 0.1) is 11.0 Å². The summed E-state index contributed by atoms with van der Waals surface area (Å²) in [6.45, 7) is 0. The van der Waals surface area contributed by atoms with E-state index in [2.05, 4.69) is 252 Å². The second kappa shape index (κ2) is 15.9. The van der Waals surface area contributed by atoms with Crippen molar-refractivity contribution in [2.75, 3.05) is 4.90 Å². The minimum Gasteiger partial charge on any atom is -0.311 e. The fourth-order valence-corrected chi connectivity index (χ4v) is 9.99. The predicted molar refractivity (Wildman–Crippen MR) is 272 cm³/mol. The molecule has 1 aromatic heterocycles. The molecule has 2 heteroatoms. The number of para-hydroxylation sites is 1. The van der Waals surface area contributed by atoms with Crippen LogP contribution < -0.4 is 4.90 Å². The summed E-state index contributed by atoms with van der Waals surface area (Å²) < 4.78 is 2.44. The fraction of sp³-hybridized carbons (Fsp3) is 0.0323. The van der Waals surface area contributed by atoms with Gasteiger partial charge in [-0.2, -0.15) is 0 Å². The summed E-state index contributed by atoms with van der Waals surface area (Å²) >= 11 is 0. The predicted octanol–water partition coefficient (Wildman–Crippen LogP) is 17.0. The Morgan fingerprint density at radius 1 is 0.344 bits per heavy atom. The summed E-state index contributed by atoms with van der Waals surface area (Å²) in [5.74, 6) is 0. The third kappa shape index (κ3) is 6.60. The van der Waals surface area contributed by atoms with Gasteiger partial charge in [-0.25, -0.2) is 0 Å². The van der Waals surface area contributed by atoms with Crippen molar-refractivity contribution in [1.29, 1.82) is 0 Å². The van der Waals surface area contributed by atoms with Crippen molar-refractivity contribution in [3.8, 4) is 50.2 Å². The molecule has 0 N–H and O–H groups in total. The van der Waals surface area contributed by atoms with Gasteiger partial charge < -0.3 is 9.47 Å². The lowest BCUT2D eigenvalue weighted by Gasteiger charge is -2.26. The number of allylic oxidation sites excluding steroid dienone is 1. The zero-order chi connectivity index (χ0) is 42.4. The molecule has 1 aliphatic rings. The number of anilines is 3. The largest absolute Gasteiger partial charge is 0.311 e. The van der Waals surface area contributed by atoms with Crippen molar-refractivity contribution in [3.63, 3.8) is 0 Å². The first-order valence-corrected chi connectivity index (χ1v) is 22.3. The Labute approximate surface area is 374 Å². The molecule has 12 rings (SSSR count). The Morgan fingerprint density at radius 3 is 1.38 bits per heavy atom. The molecule has 0 spiro atoms. The minimum absolute atomic E-state index is 1.08. The Hall–Kier alpha value is -8.20. The molecule has 0 saturated carbocycles. The molecule has 0 fully saturated rings. The van der Waals surface area contributed by atoms with E-state index in [0.717, 1.165) is 29.9 Å². The van der Waals surface area contributed by atoms with Crippen LogP contribution in [0.15, 0.2) is 237 Å². The monoisotopic (exact) mass is 816 g/mol. The van der Waals surface area contributed by atoms with Crippen LogP contribution in [-0.2, 0) is 6.42 Å². The van der Waals surface area contributed by atoms with E-state index >= 15 is 0 Å². The zero-order valence-electron chi connectivity index (χ0n) is 35.4. The molecule has 2 nitrogen and oxygen atoms in total. The average molecular weight is 817 g/mol. The summed E-state index contributed by atoms with van der Waals surface area (Å²) in [5, 5.41) is 5.22. The number of hydrogen-bond donors (Lipinski definition) is 0. The maximum atomic E-state index is 2.44. The van der Waals surface area contributed by atoms with Crippen molar-refractivity contribution in [2.45, 2.75) is 12.8 Å². The molecule has 302 valence electrons. The molecule has 1 aliphatic carbocycles. The van der Waals surface area contributed by atoms with E-state index in [1.165, 1.54) is 93.9 Å². The van der Waals surface area contributed by atoms with Crippen molar-refractivity contribution in [1.82, 2.24) is 4.57 Å². The third-order valence-corrected chi connectivity index (χ3v) is 13.1. The quantitative estimate of drug-likeness (QED) is 0.148. The van der Waals surface area contributed by atoms with Gasteiger partial charge in [-0.05, 0) is 140 Å². The van der Waals surface area contributed by atoms with Crippen LogP contribution >= 0.6 is 0 Å². The molecule has 0 atom stereocenters. The van der Waals surface area contributed by atoms with Crippen molar-refractivity contribution < 1.29 is 0 Å². The highest BCUT2D eigenvalue weighted by Gasteiger charge is 2.19. The van der Waals surface area contributed by atoms with E-state index < -0.39 is 0 Å². The van der Waals surface area contributed by atoms with Crippen LogP contribution in [0.2, 0.25) is 0 Å². The van der Waals surface area contributed by atoms with E-state index in [1.54, 1.807) is 0 Å². The molecule has 0 amide bonds. The number of nitrogens with zero attached hydrogens (tertiary/aromatic N) is 2. The van der Waals surface area contributed by atoms with Gasteiger partial charge in [0, 0.05) is 33.5 Å². The smallest absolute Gasteiger partial charge is 0.0544 e. The normalized spacial score (nSPS) is 12.2. The summed E-state index contributed by atoms with van der Waals surface area (Å²) in [6, 6.07) is 84.1. The van der Waals surface area contributed by atoms with E-state index in [-0.39, 0.29) is 0 Å². The summed E-state index contributed by atoms with van der Waals surface area (Å²) in [7, 11) is 0. The van der Waals surface area contributed by atoms with Gasteiger partial charge in [0.25, 0.3) is 0 Å². The Balaban J connectivity index is 0.890. The van der Waals surface area contributed by atoms with E-state index in [0.29, 0.717) is 0 Å². The summed E-state index contributed by atoms with van der Waals surface area (Å²) in [5.41, 5.74) is 19.5. The lowest BCUT2D eigenvalue weighted by molar-refractivity contribution is 0.997. The Morgan fingerprint density at radius 2 is 0.797 bits per heavy atom. The number of benzene rings is 10. The number of rotatable bonds is 8. The molecule has 11 aromatic rings. The van der Waals surface area contributed by atoms with Crippen LogP contribution in [0.3, 0.4) is 0 Å². The number of aromatic nitrogens is 1. The van der Waals surface area contributed by atoms with Crippen LogP contribution in [0, 0.1) is 0 Å². The van der Waals surface area contributed by atoms with Crippen LogP contribution in [0.5, 0.6) is 0 Å². The van der Waals surface area contributed by atoms with Gasteiger partial charge in [0.15, 0.2) is 0 Å². The second-order valence-electron chi connectivity index (χ2n) is 16.8. The Bertz CT molecular complexity index is 3490. The van der Waals surface area contributed by atoms with Crippen molar-refractivity contribution >= 4 is 55.7 Å². The van der Waals surface area contributed by atoms with E-state index in [1.807, 2.05) is 0 Å². The first kappa shape index (κ1) is 37.6. The standard InChI is InChI=1S/C62H44N2/c1-3-13-43(14-4-1)44-23-32-50(33-24-44)63(52-38-29-49(30-39-52)55-41-40-54(47-15-5-2-6-16-47)57-19-9-10-20-58(55)57)51-34-25-45(26-35-51)46-27-36-53(37-28-46)64-60-22-12-11-21-59(60)62-56-18-8-7-17-48(56)31-42-61(62)64/h1-7,9-17,19-42H,8,18H2. The molecule has 0 bridgehead atoms. The van der Waals surface area contributed by atoms with E-state index in [9.17, 15) is 0 Å². The highest BCUT2D eigenvalue weighted by atomic mass is 15.1. The van der Waals surface area contributed by atoms with Gasteiger partial charge in [0.2, 0.25) is 0 Å². The van der Waals surface area contributed by atoms with Gasteiger partial charge in [-0.3, -0.25) is 0 Å². The van der Waals surface area contributed by atoms with Gasteiger partial charge >= 0.3 is 0 Å². The molecule has 1 heterocycles. The number of aryl methyl sites for hydroxylation is 1. The molecular formula is C62H44N2. The summed E-state index contributed by atoms with van der Waals surface area (Å²) in [4.78, 5) is 2.36. The number of hydrogen-bond acceptors (Lipinski definition) is 1. The molecule has 0 saturated heterocycles. The maximum absolute atomic E-state index is 2.44. The summed E-state index contributed by atoms with van der Waals surface area (Å²) in [6.07, 6.45) is 6.75. The molecular weight excluding hydrogens is 773 g/mol. The highest BCUT2D eigenvalue weighted by Crippen LogP contribution is 2.41. The molecule has 0 aliphatic heterocycles. The average Bonchev–Trinajstić information content (AvgIpc) is 3.72. The topological polar surface area (TPSA) is 8.17 Å². The van der Waals surface area contributed by atoms with Crippen LogP contribution in [0.1, 0.15) is 17.5 Å². The van der Waals surface area contributed by atoms with Crippen LogP contribution in [0.25, 0.3) is 88.8 Å². The fourth-order valence-electron chi connectivity index (χ4n) is 9.99. The lowest BCUT2D eigenvalue weighted by atomic mass is 9.92. The Kier molecular flexibility index (Phi) is 9.34. The number of fused-ring (bicyclic) bond motifs is 6.